The van der Waals surface area contributed by atoms with Crippen LogP contribution in [0.5, 0.6) is 0 Å². The molecule has 3 aromatic rings. The third-order valence-electron chi connectivity index (χ3n) is 3.26. The molecule has 3 heterocycles. The second kappa shape index (κ2) is 6.15. The summed E-state index contributed by atoms with van der Waals surface area (Å²) in [6.45, 7) is 6.41. The van der Waals surface area contributed by atoms with Gasteiger partial charge in [0.25, 0.3) is 0 Å². The number of esters is 1. The van der Waals surface area contributed by atoms with E-state index in [0.29, 0.717) is 36.1 Å². The molecular formula is C15H17N5O3. The minimum Gasteiger partial charge on any atom is -0.462 e. The fourth-order valence-electron chi connectivity index (χ4n) is 2.11. The van der Waals surface area contributed by atoms with Gasteiger partial charge in [-0.05, 0) is 13.0 Å². The van der Waals surface area contributed by atoms with Crippen molar-refractivity contribution >= 4 is 17.0 Å². The van der Waals surface area contributed by atoms with Crippen molar-refractivity contribution in [3.05, 3.63) is 35.7 Å². The van der Waals surface area contributed by atoms with E-state index >= 15 is 0 Å². The van der Waals surface area contributed by atoms with Crippen LogP contribution >= 0.6 is 0 Å². The summed E-state index contributed by atoms with van der Waals surface area (Å²) in [5.74, 6) is 0.911. The normalized spacial score (nSPS) is 11.3. The van der Waals surface area contributed by atoms with Crippen LogP contribution in [0.1, 0.15) is 48.8 Å². The lowest BCUT2D eigenvalue weighted by atomic mass is 10.2. The molecule has 8 nitrogen and oxygen atoms in total. The van der Waals surface area contributed by atoms with Gasteiger partial charge in [-0.3, -0.25) is 0 Å². The monoisotopic (exact) mass is 315 g/mol. The van der Waals surface area contributed by atoms with Crippen molar-refractivity contribution in [2.24, 2.45) is 0 Å². The minimum atomic E-state index is -0.394. The van der Waals surface area contributed by atoms with E-state index in [9.17, 15) is 4.79 Å². The minimum absolute atomic E-state index is 0.177. The molecule has 0 aliphatic rings. The molecule has 0 saturated heterocycles. The van der Waals surface area contributed by atoms with Gasteiger partial charge >= 0.3 is 5.97 Å². The molecule has 0 unspecified atom stereocenters. The Kier molecular flexibility index (Phi) is 4.05. The summed E-state index contributed by atoms with van der Waals surface area (Å²) in [7, 11) is 0. The van der Waals surface area contributed by atoms with Gasteiger partial charge < -0.3 is 9.26 Å². The molecule has 0 aromatic carbocycles. The number of carbonyl (C=O) groups excluding carboxylic acids is 1. The highest BCUT2D eigenvalue weighted by atomic mass is 16.5. The van der Waals surface area contributed by atoms with Crippen LogP contribution in [0.3, 0.4) is 0 Å². The van der Waals surface area contributed by atoms with Gasteiger partial charge in [-0.1, -0.05) is 19.0 Å². The van der Waals surface area contributed by atoms with Gasteiger partial charge in [-0.25, -0.2) is 14.5 Å². The molecular weight excluding hydrogens is 298 g/mol. The summed E-state index contributed by atoms with van der Waals surface area (Å²) >= 11 is 0. The zero-order chi connectivity index (χ0) is 16.4. The first-order valence-corrected chi connectivity index (χ1v) is 7.39. The Labute approximate surface area is 132 Å². The average Bonchev–Trinajstić information content (AvgIpc) is 3.15. The number of pyridine rings is 1. The number of rotatable bonds is 5. The zero-order valence-electron chi connectivity index (χ0n) is 13.2. The van der Waals surface area contributed by atoms with Crippen LogP contribution in [0.25, 0.3) is 11.0 Å². The number of fused-ring (bicyclic) bond motifs is 1. The lowest BCUT2D eigenvalue weighted by Crippen LogP contribution is -2.07. The number of ether oxygens (including phenoxy) is 1. The predicted octanol–water partition coefficient (Wildman–Crippen LogP) is 2.16. The Morgan fingerprint density at radius 1 is 1.39 bits per heavy atom. The lowest BCUT2D eigenvalue weighted by molar-refractivity contribution is 0.0526. The Morgan fingerprint density at radius 2 is 2.22 bits per heavy atom. The lowest BCUT2D eigenvalue weighted by Gasteiger charge is -2.02. The molecule has 0 amide bonds. The van der Waals surface area contributed by atoms with Crippen molar-refractivity contribution in [1.29, 1.82) is 0 Å². The van der Waals surface area contributed by atoms with Crippen molar-refractivity contribution in [3.63, 3.8) is 0 Å². The van der Waals surface area contributed by atoms with Crippen molar-refractivity contribution in [2.75, 3.05) is 6.61 Å². The maximum atomic E-state index is 11.7. The molecule has 8 heteroatoms. The second-order valence-electron chi connectivity index (χ2n) is 5.36. The average molecular weight is 315 g/mol. The van der Waals surface area contributed by atoms with E-state index in [1.54, 1.807) is 23.9 Å². The van der Waals surface area contributed by atoms with E-state index in [0.717, 1.165) is 5.39 Å². The summed E-state index contributed by atoms with van der Waals surface area (Å²) in [6.07, 6.45) is 3.13. The van der Waals surface area contributed by atoms with Gasteiger partial charge in [-0.15, -0.1) is 0 Å². The highest BCUT2D eigenvalue weighted by Gasteiger charge is 2.14. The first-order valence-electron chi connectivity index (χ1n) is 7.39. The number of hydrogen-bond donors (Lipinski definition) is 0. The topological polar surface area (TPSA) is 95.9 Å². The fourth-order valence-corrected chi connectivity index (χ4v) is 2.11. The van der Waals surface area contributed by atoms with Crippen molar-refractivity contribution in [3.8, 4) is 0 Å². The molecule has 0 spiro atoms. The summed E-state index contributed by atoms with van der Waals surface area (Å²) in [5, 5.41) is 8.96. The van der Waals surface area contributed by atoms with E-state index < -0.39 is 5.97 Å². The van der Waals surface area contributed by atoms with Crippen LogP contribution < -0.4 is 0 Å². The molecule has 3 rings (SSSR count). The number of aromatic nitrogens is 5. The summed E-state index contributed by atoms with van der Waals surface area (Å²) in [4.78, 5) is 20.3. The van der Waals surface area contributed by atoms with Crippen LogP contribution in [0.4, 0.5) is 0 Å². The molecule has 0 bridgehead atoms. The summed E-state index contributed by atoms with van der Waals surface area (Å²) in [5.41, 5.74) is 1.05. The van der Waals surface area contributed by atoms with Gasteiger partial charge in [0, 0.05) is 17.5 Å². The molecule has 0 saturated carbocycles. The molecule has 0 aliphatic carbocycles. The molecule has 0 aliphatic heterocycles. The first-order chi connectivity index (χ1) is 11.1. The summed E-state index contributed by atoms with van der Waals surface area (Å²) in [6, 6.07) is 1.71. The van der Waals surface area contributed by atoms with Crippen LogP contribution in [0.15, 0.2) is 23.0 Å². The van der Waals surface area contributed by atoms with Crippen LogP contribution in [-0.4, -0.2) is 37.5 Å². The molecule has 23 heavy (non-hydrogen) atoms. The fraction of sp³-hybridized carbons (Fsp3) is 0.400. The van der Waals surface area contributed by atoms with Gasteiger partial charge in [0.2, 0.25) is 5.89 Å². The number of nitrogens with zero attached hydrogens (tertiary/aromatic N) is 5. The van der Waals surface area contributed by atoms with E-state index in [-0.39, 0.29) is 5.92 Å². The quantitative estimate of drug-likeness (QED) is 0.666. The van der Waals surface area contributed by atoms with E-state index in [1.807, 2.05) is 13.8 Å². The highest BCUT2D eigenvalue weighted by molar-refractivity contribution is 5.92. The molecule has 3 aromatic heterocycles. The first kappa shape index (κ1) is 15.1. The Balaban J connectivity index is 1.86. The third-order valence-corrected chi connectivity index (χ3v) is 3.26. The SMILES string of the molecule is CCOC(=O)c1cnc2c(cnn2Cc2noc(C(C)C)n2)c1. The molecule has 0 fully saturated rings. The Morgan fingerprint density at radius 3 is 2.91 bits per heavy atom. The standard InChI is InChI=1S/C15H17N5O3/c1-4-22-15(21)11-5-10-7-17-20(13(10)16-6-11)8-12-18-14(9(2)3)23-19-12/h5-7,9H,4,8H2,1-3H3. The Hall–Kier alpha value is -2.77. The zero-order valence-corrected chi connectivity index (χ0v) is 13.2. The largest absolute Gasteiger partial charge is 0.462 e. The van der Waals surface area contributed by atoms with Crippen molar-refractivity contribution in [1.82, 2.24) is 24.9 Å². The molecule has 0 N–H and O–H groups in total. The molecule has 0 atom stereocenters. The maximum Gasteiger partial charge on any atom is 0.339 e. The van der Waals surface area contributed by atoms with Gasteiger partial charge in [0.05, 0.1) is 18.4 Å². The maximum absolute atomic E-state index is 11.7. The number of carbonyl (C=O) groups is 1. The Bertz CT molecular complexity index is 837. The van der Waals surface area contributed by atoms with Gasteiger partial charge in [0.15, 0.2) is 11.5 Å². The van der Waals surface area contributed by atoms with E-state index in [4.69, 9.17) is 9.26 Å². The van der Waals surface area contributed by atoms with Crippen LogP contribution in [0, 0.1) is 0 Å². The highest BCUT2D eigenvalue weighted by Crippen LogP contribution is 2.16. The second-order valence-corrected chi connectivity index (χ2v) is 5.36. The molecule has 0 radical (unpaired) electrons. The third kappa shape index (κ3) is 3.05. The van der Waals surface area contributed by atoms with Crippen LogP contribution in [0.2, 0.25) is 0 Å². The predicted molar refractivity (Wildman–Crippen MR) is 81.0 cm³/mol. The van der Waals surface area contributed by atoms with Gasteiger partial charge in [-0.2, -0.15) is 10.1 Å². The summed E-state index contributed by atoms with van der Waals surface area (Å²) < 4.78 is 11.8. The van der Waals surface area contributed by atoms with Crippen LogP contribution in [-0.2, 0) is 11.3 Å². The smallest absolute Gasteiger partial charge is 0.339 e. The molecule has 120 valence electrons. The van der Waals surface area contributed by atoms with E-state index in [2.05, 4.69) is 20.2 Å². The van der Waals surface area contributed by atoms with E-state index in [1.165, 1.54) is 6.20 Å². The van der Waals surface area contributed by atoms with Crippen molar-refractivity contribution < 1.29 is 14.1 Å². The van der Waals surface area contributed by atoms with Crippen molar-refractivity contribution in [2.45, 2.75) is 33.2 Å². The van der Waals surface area contributed by atoms with Gasteiger partial charge in [0.1, 0.15) is 6.54 Å². The number of hydrogen-bond acceptors (Lipinski definition) is 7.